The third-order valence-electron chi connectivity index (χ3n) is 2.56. The minimum Gasteiger partial charge on any atom is -0.476 e. The highest BCUT2D eigenvalue weighted by Gasteiger charge is 2.17. The second-order valence-electron chi connectivity index (χ2n) is 3.86. The van der Waals surface area contributed by atoms with Crippen molar-refractivity contribution in [3.8, 4) is 0 Å². The van der Waals surface area contributed by atoms with E-state index in [0.29, 0.717) is 31.8 Å². The SMILES string of the molecule is O=C1CCN(Cc2cc(C(=O)O)no2)CCN1. The van der Waals surface area contributed by atoms with Gasteiger partial charge in [0.25, 0.3) is 0 Å². The summed E-state index contributed by atoms with van der Waals surface area (Å²) in [6, 6.07) is 1.41. The Bertz CT molecular complexity index is 429. The summed E-state index contributed by atoms with van der Waals surface area (Å²) in [6.45, 7) is 2.41. The largest absolute Gasteiger partial charge is 0.476 e. The molecule has 0 aromatic carbocycles. The first-order valence-electron chi connectivity index (χ1n) is 5.33. The number of rotatable bonds is 3. The van der Waals surface area contributed by atoms with Crippen LogP contribution < -0.4 is 5.32 Å². The molecule has 92 valence electrons. The third kappa shape index (κ3) is 3.04. The Hall–Kier alpha value is -1.89. The molecule has 0 bridgehead atoms. The molecule has 17 heavy (non-hydrogen) atoms. The maximum absolute atomic E-state index is 11.1. The molecule has 1 aromatic heterocycles. The monoisotopic (exact) mass is 239 g/mol. The molecule has 2 rings (SSSR count). The first-order valence-corrected chi connectivity index (χ1v) is 5.33. The van der Waals surface area contributed by atoms with Crippen LogP contribution in [0.3, 0.4) is 0 Å². The van der Waals surface area contributed by atoms with Gasteiger partial charge < -0.3 is 14.9 Å². The first-order chi connectivity index (χ1) is 8.15. The van der Waals surface area contributed by atoms with E-state index in [9.17, 15) is 9.59 Å². The average molecular weight is 239 g/mol. The molecule has 0 unspecified atom stereocenters. The van der Waals surface area contributed by atoms with E-state index in [1.807, 2.05) is 4.90 Å². The van der Waals surface area contributed by atoms with E-state index in [2.05, 4.69) is 10.5 Å². The quantitative estimate of drug-likeness (QED) is 0.751. The second kappa shape index (κ2) is 4.96. The van der Waals surface area contributed by atoms with Gasteiger partial charge >= 0.3 is 5.97 Å². The molecule has 1 amide bonds. The molecule has 1 aromatic rings. The summed E-state index contributed by atoms with van der Waals surface area (Å²) in [7, 11) is 0. The smallest absolute Gasteiger partial charge is 0.358 e. The molecule has 1 fully saturated rings. The molecule has 0 saturated carbocycles. The molecule has 0 atom stereocenters. The molecule has 2 heterocycles. The summed E-state index contributed by atoms with van der Waals surface area (Å²) >= 11 is 0. The van der Waals surface area contributed by atoms with Gasteiger partial charge in [-0.1, -0.05) is 5.16 Å². The van der Waals surface area contributed by atoms with Gasteiger partial charge in [-0.05, 0) is 0 Å². The molecule has 1 aliphatic rings. The van der Waals surface area contributed by atoms with Crippen LogP contribution in [-0.2, 0) is 11.3 Å². The molecule has 1 aliphatic heterocycles. The zero-order chi connectivity index (χ0) is 12.3. The van der Waals surface area contributed by atoms with Crippen molar-refractivity contribution in [2.45, 2.75) is 13.0 Å². The van der Waals surface area contributed by atoms with Crippen LogP contribution in [0, 0.1) is 0 Å². The Labute approximate surface area is 97.4 Å². The van der Waals surface area contributed by atoms with Gasteiger partial charge in [0.15, 0.2) is 11.5 Å². The number of aromatic carboxylic acids is 1. The van der Waals surface area contributed by atoms with Crippen LogP contribution in [0.2, 0.25) is 0 Å². The second-order valence-corrected chi connectivity index (χ2v) is 3.86. The van der Waals surface area contributed by atoms with Gasteiger partial charge in [0.2, 0.25) is 5.91 Å². The summed E-state index contributed by atoms with van der Waals surface area (Å²) in [4.78, 5) is 23.8. The topological polar surface area (TPSA) is 95.7 Å². The number of carboxylic acid groups (broad SMARTS) is 1. The maximum Gasteiger partial charge on any atom is 0.358 e. The molecule has 2 N–H and O–H groups in total. The minimum absolute atomic E-state index is 0.0382. The normalized spacial score (nSPS) is 17.5. The standard InChI is InChI=1S/C10H13N3O4/c14-9-1-3-13(4-2-11-9)6-7-5-8(10(15)16)12-17-7/h5H,1-4,6H2,(H,11,14)(H,15,16). The zero-order valence-corrected chi connectivity index (χ0v) is 9.18. The van der Waals surface area contributed by atoms with Gasteiger partial charge in [0, 0.05) is 32.1 Å². The number of nitrogens with zero attached hydrogens (tertiary/aromatic N) is 2. The number of carbonyl (C=O) groups excluding carboxylic acids is 1. The van der Waals surface area contributed by atoms with Crippen molar-refractivity contribution in [2.75, 3.05) is 19.6 Å². The predicted octanol–water partition coefficient (Wildman–Crippen LogP) is -0.305. The van der Waals surface area contributed by atoms with E-state index in [-0.39, 0.29) is 11.6 Å². The highest BCUT2D eigenvalue weighted by Crippen LogP contribution is 2.08. The first kappa shape index (κ1) is 11.6. The van der Waals surface area contributed by atoms with Gasteiger partial charge in [-0.15, -0.1) is 0 Å². The van der Waals surface area contributed by atoms with Crippen LogP contribution in [0.25, 0.3) is 0 Å². The minimum atomic E-state index is -1.10. The molecule has 1 saturated heterocycles. The van der Waals surface area contributed by atoms with Crippen molar-refractivity contribution in [1.82, 2.24) is 15.4 Å². The Balaban J connectivity index is 1.95. The van der Waals surface area contributed by atoms with Gasteiger partial charge in [-0.3, -0.25) is 9.69 Å². The van der Waals surface area contributed by atoms with Gasteiger partial charge in [0.1, 0.15) is 0 Å². The zero-order valence-electron chi connectivity index (χ0n) is 9.18. The van der Waals surface area contributed by atoms with Crippen molar-refractivity contribution < 1.29 is 19.2 Å². The molecule has 0 radical (unpaired) electrons. The van der Waals surface area contributed by atoms with E-state index in [1.165, 1.54) is 6.07 Å². The summed E-state index contributed by atoms with van der Waals surface area (Å²) in [5.41, 5.74) is -0.0935. The van der Waals surface area contributed by atoms with Gasteiger partial charge in [0.05, 0.1) is 6.54 Å². The Morgan fingerprint density at radius 3 is 3.12 bits per heavy atom. The van der Waals surface area contributed by atoms with Crippen molar-refractivity contribution in [3.63, 3.8) is 0 Å². The third-order valence-corrected chi connectivity index (χ3v) is 2.56. The molecule has 0 aliphatic carbocycles. The van der Waals surface area contributed by atoms with Crippen molar-refractivity contribution in [1.29, 1.82) is 0 Å². The highest BCUT2D eigenvalue weighted by molar-refractivity contribution is 5.85. The number of carbonyl (C=O) groups is 2. The number of carboxylic acids is 1. The van der Waals surface area contributed by atoms with Crippen molar-refractivity contribution in [2.24, 2.45) is 0 Å². The Morgan fingerprint density at radius 1 is 1.59 bits per heavy atom. The number of hydrogen-bond acceptors (Lipinski definition) is 5. The van der Waals surface area contributed by atoms with Gasteiger partial charge in [-0.25, -0.2) is 4.79 Å². The number of amides is 1. The Kier molecular flexibility index (Phi) is 3.38. The molecule has 0 spiro atoms. The van der Waals surface area contributed by atoms with Crippen LogP contribution >= 0.6 is 0 Å². The van der Waals surface area contributed by atoms with E-state index in [4.69, 9.17) is 9.63 Å². The molecule has 7 nitrogen and oxygen atoms in total. The molecule has 7 heteroatoms. The molecular formula is C10H13N3O4. The summed E-state index contributed by atoms with van der Waals surface area (Å²) in [5.74, 6) is -0.569. The van der Waals surface area contributed by atoms with Crippen molar-refractivity contribution in [3.05, 3.63) is 17.5 Å². The van der Waals surface area contributed by atoms with Crippen molar-refractivity contribution >= 4 is 11.9 Å². The number of aromatic nitrogens is 1. The fourth-order valence-electron chi connectivity index (χ4n) is 1.68. The number of nitrogens with one attached hydrogen (secondary N) is 1. The van der Waals surface area contributed by atoms with E-state index < -0.39 is 5.97 Å². The lowest BCUT2D eigenvalue weighted by atomic mass is 10.3. The summed E-state index contributed by atoms with van der Waals surface area (Å²) in [5, 5.41) is 14.9. The fraction of sp³-hybridized carbons (Fsp3) is 0.500. The van der Waals surface area contributed by atoms with Crippen LogP contribution in [0.1, 0.15) is 22.7 Å². The van der Waals surface area contributed by atoms with Crippen LogP contribution in [0.5, 0.6) is 0 Å². The Morgan fingerprint density at radius 2 is 2.41 bits per heavy atom. The van der Waals surface area contributed by atoms with E-state index >= 15 is 0 Å². The van der Waals surface area contributed by atoms with E-state index in [0.717, 1.165) is 6.54 Å². The summed E-state index contributed by atoms with van der Waals surface area (Å²) < 4.78 is 4.92. The lowest BCUT2D eigenvalue weighted by Gasteiger charge is -2.16. The highest BCUT2D eigenvalue weighted by atomic mass is 16.5. The van der Waals surface area contributed by atoms with Gasteiger partial charge in [-0.2, -0.15) is 0 Å². The lowest BCUT2D eigenvalue weighted by Crippen LogP contribution is -2.28. The van der Waals surface area contributed by atoms with Crippen LogP contribution in [-0.4, -0.2) is 46.7 Å². The predicted molar refractivity (Wildman–Crippen MR) is 56.4 cm³/mol. The maximum atomic E-state index is 11.1. The fourth-order valence-corrected chi connectivity index (χ4v) is 1.68. The van der Waals surface area contributed by atoms with E-state index in [1.54, 1.807) is 0 Å². The molecular weight excluding hydrogens is 226 g/mol. The van der Waals surface area contributed by atoms with Crippen LogP contribution in [0.15, 0.2) is 10.6 Å². The lowest BCUT2D eigenvalue weighted by molar-refractivity contribution is -0.120. The number of hydrogen-bond donors (Lipinski definition) is 2. The average Bonchev–Trinajstić information content (AvgIpc) is 2.65. The van der Waals surface area contributed by atoms with Crippen LogP contribution in [0.4, 0.5) is 0 Å². The summed E-state index contributed by atoms with van der Waals surface area (Å²) in [6.07, 6.45) is 0.444.